The highest BCUT2D eigenvalue weighted by atomic mass is 14.1. The molecule has 0 aliphatic carbocycles. The van der Waals surface area contributed by atoms with Gasteiger partial charge in [-0.25, -0.2) is 0 Å². The lowest BCUT2D eigenvalue weighted by Gasteiger charge is -2.15. The number of hydrogen-bond acceptors (Lipinski definition) is 0. The van der Waals surface area contributed by atoms with E-state index in [1.54, 1.807) is 0 Å². The van der Waals surface area contributed by atoms with Crippen LogP contribution in [0.1, 0.15) is 34.2 Å². The molecule has 0 saturated carbocycles. The van der Waals surface area contributed by atoms with Crippen LogP contribution in [0.3, 0.4) is 0 Å². The largest absolute Gasteiger partial charge is 0.0836 e. The number of benzene rings is 3. The summed E-state index contributed by atoms with van der Waals surface area (Å²) in [6.07, 6.45) is 7.95. The lowest BCUT2D eigenvalue weighted by Crippen LogP contribution is -2.07. The monoisotopic (exact) mass is 340 g/mol. The van der Waals surface area contributed by atoms with Crippen molar-refractivity contribution in [3.05, 3.63) is 113 Å². The van der Waals surface area contributed by atoms with E-state index in [0.717, 1.165) is 19.3 Å². The molecular weight excluding hydrogens is 312 g/mol. The van der Waals surface area contributed by atoms with Gasteiger partial charge in [0.2, 0.25) is 0 Å². The van der Waals surface area contributed by atoms with E-state index in [4.69, 9.17) is 0 Å². The van der Waals surface area contributed by atoms with Gasteiger partial charge < -0.3 is 0 Å². The van der Waals surface area contributed by atoms with Crippen molar-refractivity contribution in [1.82, 2.24) is 0 Å². The molecule has 0 nitrogen and oxygen atoms in total. The molecule has 3 rings (SSSR count). The Kier molecular flexibility index (Phi) is 6.44. The molecule has 3 aromatic carbocycles. The summed E-state index contributed by atoms with van der Waals surface area (Å²) < 4.78 is 0. The number of allylic oxidation sites excluding steroid dienone is 1. The van der Waals surface area contributed by atoms with Crippen LogP contribution in [-0.4, -0.2) is 0 Å². The molecule has 0 heteroatoms. The Balaban J connectivity index is 1.70. The van der Waals surface area contributed by atoms with Crippen LogP contribution in [0.2, 0.25) is 0 Å². The molecule has 0 aliphatic heterocycles. The van der Waals surface area contributed by atoms with Crippen molar-refractivity contribution in [1.29, 1.82) is 0 Å². The van der Waals surface area contributed by atoms with E-state index in [1.807, 2.05) is 0 Å². The average molecular weight is 341 g/mol. The summed E-state index contributed by atoms with van der Waals surface area (Å²) >= 11 is 0. The van der Waals surface area contributed by atoms with E-state index in [9.17, 15) is 0 Å². The van der Waals surface area contributed by atoms with Crippen molar-refractivity contribution in [3.8, 4) is 0 Å². The van der Waals surface area contributed by atoms with E-state index in [1.165, 1.54) is 27.8 Å². The Labute approximate surface area is 158 Å². The van der Waals surface area contributed by atoms with Gasteiger partial charge in [-0.15, -0.1) is 0 Å². The molecule has 0 aromatic heterocycles. The summed E-state index contributed by atoms with van der Waals surface area (Å²) in [5.74, 6) is 0.614. The Hall–Kier alpha value is -2.60. The predicted molar refractivity (Wildman–Crippen MR) is 113 cm³/mol. The highest BCUT2D eigenvalue weighted by molar-refractivity contribution is 5.51. The fourth-order valence-electron chi connectivity index (χ4n) is 3.40. The van der Waals surface area contributed by atoms with E-state index < -0.39 is 0 Å². The normalized spacial score (nSPS) is 11.3. The molecule has 0 radical (unpaired) electrons. The second-order valence-electron chi connectivity index (χ2n) is 7.23. The molecule has 0 amide bonds. The van der Waals surface area contributed by atoms with E-state index in [2.05, 4.69) is 105 Å². The first kappa shape index (κ1) is 18.2. The minimum Gasteiger partial charge on any atom is -0.0836 e. The van der Waals surface area contributed by atoms with Crippen molar-refractivity contribution >= 4 is 6.08 Å². The van der Waals surface area contributed by atoms with Crippen LogP contribution in [0.15, 0.2) is 84.9 Å². The molecular formula is C26H28. The lowest BCUT2D eigenvalue weighted by molar-refractivity contribution is 0.529. The van der Waals surface area contributed by atoms with Gasteiger partial charge in [0.15, 0.2) is 0 Å². The third kappa shape index (κ3) is 5.46. The van der Waals surface area contributed by atoms with Gasteiger partial charge in [-0.3, -0.25) is 0 Å². The van der Waals surface area contributed by atoms with Crippen LogP contribution < -0.4 is 0 Å². The van der Waals surface area contributed by atoms with Crippen LogP contribution in [-0.2, 0) is 12.8 Å². The minimum absolute atomic E-state index is 0.614. The van der Waals surface area contributed by atoms with Crippen LogP contribution in [0.5, 0.6) is 0 Å². The maximum absolute atomic E-state index is 2.35. The van der Waals surface area contributed by atoms with Crippen molar-refractivity contribution in [2.75, 3.05) is 0 Å². The van der Waals surface area contributed by atoms with Crippen LogP contribution >= 0.6 is 0 Å². The molecule has 0 N–H and O–H groups in total. The quantitative estimate of drug-likeness (QED) is 0.443. The van der Waals surface area contributed by atoms with Gasteiger partial charge in [-0.1, -0.05) is 91.0 Å². The van der Waals surface area contributed by atoms with E-state index in [0.29, 0.717) is 5.92 Å². The van der Waals surface area contributed by atoms with Gasteiger partial charge in [0, 0.05) is 0 Å². The highest BCUT2D eigenvalue weighted by Crippen LogP contribution is 2.20. The number of rotatable bonds is 7. The fraction of sp³-hybridized carbons (Fsp3) is 0.231. The second kappa shape index (κ2) is 9.20. The van der Waals surface area contributed by atoms with Crippen molar-refractivity contribution < 1.29 is 0 Å². The molecule has 0 unspecified atom stereocenters. The van der Waals surface area contributed by atoms with Gasteiger partial charge in [0.05, 0.1) is 0 Å². The molecule has 0 fully saturated rings. The zero-order valence-electron chi connectivity index (χ0n) is 15.9. The molecule has 0 atom stereocenters. The molecule has 0 heterocycles. The molecule has 0 saturated heterocycles. The number of hydrogen-bond donors (Lipinski definition) is 0. The maximum atomic E-state index is 2.35. The highest BCUT2D eigenvalue weighted by Gasteiger charge is 2.09. The van der Waals surface area contributed by atoms with Gasteiger partial charge >= 0.3 is 0 Å². The fourth-order valence-corrected chi connectivity index (χ4v) is 3.40. The topological polar surface area (TPSA) is 0 Å². The Morgan fingerprint density at radius 1 is 0.692 bits per heavy atom. The third-order valence-corrected chi connectivity index (χ3v) is 5.05. The SMILES string of the molecule is Cc1ccc(C=CCC(Cc2ccccc2)Cc2ccccc2)cc1C. The van der Waals surface area contributed by atoms with Gasteiger partial charge in [-0.2, -0.15) is 0 Å². The summed E-state index contributed by atoms with van der Waals surface area (Å²) in [6.45, 7) is 4.35. The summed E-state index contributed by atoms with van der Waals surface area (Å²) in [7, 11) is 0. The molecule has 132 valence electrons. The van der Waals surface area contributed by atoms with Gasteiger partial charge in [-0.05, 0) is 66.8 Å². The van der Waals surface area contributed by atoms with Crippen molar-refractivity contribution in [3.63, 3.8) is 0 Å². The average Bonchev–Trinajstić information content (AvgIpc) is 2.66. The van der Waals surface area contributed by atoms with E-state index >= 15 is 0 Å². The van der Waals surface area contributed by atoms with Crippen LogP contribution in [0.4, 0.5) is 0 Å². The smallest absolute Gasteiger partial charge is 0.0244 e. The van der Waals surface area contributed by atoms with E-state index in [-0.39, 0.29) is 0 Å². The van der Waals surface area contributed by atoms with Gasteiger partial charge in [0.25, 0.3) is 0 Å². The van der Waals surface area contributed by atoms with Crippen molar-refractivity contribution in [2.45, 2.75) is 33.1 Å². The maximum Gasteiger partial charge on any atom is -0.0244 e. The molecule has 26 heavy (non-hydrogen) atoms. The first-order valence-corrected chi connectivity index (χ1v) is 9.52. The Morgan fingerprint density at radius 3 is 1.81 bits per heavy atom. The molecule has 0 bridgehead atoms. The summed E-state index contributed by atoms with van der Waals surface area (Å²) in [4.78, 5) is 0. The zero-order valence-corrected chi connectivity index (χ0v) is 15.9. The first-order chi connectivity index (χ1) is 12.7. The summed E-state index contributed by atoms with van der Waals surface area (Å²) in [5, 5.41) is 0. The molecule has 0 aliphatic rings. The standard InChI is InChI=1S/C26H28/c1-21-16-17-25(18-22(21)2)14-9-15-26(19-23-10-5-3-6-11-23)20-24-12-7-4-8-13-24/h3-14,16-18,26H,15,19-20H2,1-2H3. The second-order valence-corrected chi connectivity index (χ2v) is 7.23. The van der Waals surface area contributed by atoms with Crippen molar-refractivity contribution in [2.24, 2.45) is 5.92 Å². The minimum atomic E-state index is 0.614. The first-order valence-electron chi connectivity index (χ1n) is 9.52. The summed E-state index contributed by atoms with van der Waals surface area (Å²) in [5.41, 5.74) is 6.86. The van der Waals surface area contributed by atoms with Crippen LogP contribution in [0, 0.1) is 19.8 Å². The predicted octanol–water partition coefficient (Wildman–Crippen LogP) is 6.81. The zero-order chi connectivity index (χ0) is 18.2. The Bertz CT molecular complexity index is 787. The lowest BCUT2D eigenvalue weighted by atomic mass is 9.89. The Morgan fingerprint density at radius 2 is 1.27 bits per heavy atom. The summed E-state index contributed by atoms with van der Waals surface area (Å²) in [6, 6.07) is 28.4. The van der Waals surface area contributed by atoms with Gasteiger partial charge in [0.1, 0.15) is 0 Å². The molecule has 0 spiro atoms. The third-order valence-electron chi connectivity index (χ3n) is 5.05. The van der Waals surface area contributed by atoms with Crippen LogP contribution in [0.25, 0.3) is 6.08 Å². The molecule has 3 aromatic rings. The number of aryl methyl sites for hydroxylation is 2.